The summed E-state index contributed by atoms with van der Waals surface area (Å²) < 4.78 is 0. The van der Waals surface area contributed by atoms with E-state index in [2.05, 4.69) is 29.6 Å². The Labute approximate surface area is 110 Å². The number of aliphatic hydroxyl groups is 1. The normalized spacial score (nSPS) is 14.9. The van der Waals surface area contributed by atoms with Crippen LogP contribution in [-0.4, -0.2) is 18.3 Å². The van der Waals surface area contributed by atoms with Crippen molar-refractivity contribution in [3.63, 3.8) is 0 Å². The summed E-state index contributed by atoms with van der Waals surface area (Å²) in [5.74, 6) is 0.850. The second-order valence-corrected chi connectivity index (χ2v) is 5.33. The summed E-state index contributed by atoms with van der Waals surface area (Å²) in [6.45, 7) is 2.40. The molecule has 0 radical (unpaired) electrons. The fraction of sp³-hybridized carbons (Fsp3) is 0.625. The number of unbranched alkanes of at least 4 members (excludes halogenated alkanes) is 3. The summed E-state index contributed by atoms with van der Waals surface area (Å²) in [5, 5.41) is 12.2. The Morgan fingerprint density at radius 2 is 1.94 bits per heavy atom. The van der Waals surface area contributed by atoms with Gasteiger partial charge in [-0.3, -0.25) is 0 Å². The SMILES string of the molecule is OCCCCCCNCc1cccc(C2CC2)c1. The van der Waals surface area contributed by atoms with Crippen LogP contribution >= 0.6 is 0 Å². The molecule has 2 N–H and O–H groups in total. The van der Waals surface area contributed by atoms with Gasteiger partial charge in [0.1, 0.15) is 0 Å². The van der Waals surface area contributed by atoms with Crippen molar-refractivity contribution in [2.45, 2.75) is 51.0 Å². The van der Waals surface area contributed by atoms with Gasteiger partial charge in [0.15, 0.2) is 0 Å². The molecule has 0 saturated heterocycles. The van der Waals surface area contributed by atoms with E-state index in [9.17, 15) is 0 Å². The summed E-state index contributed by atoms with van der Waals surface area (Å²) in [6.07, 6.45) is 7.28. The van der Waals surface area contributed by atoms with Crippen LogP contribution in [0.2, 0.25) is 0 Å². The van der Waals surface area contributed by atoms with Crippen LogP contribution in [0.25, 0.3) is 0 Å². The lowest BCUT2D eigenvalue weighted by Gasteiger charge is -2.06. The minimum Gasteiger partial charge on any atom is -0.396 e. The molecule has 100 valence electrons. The Balaban J connectivity index is 1.59. The van der Waals surface area contributed by atoms with E-state index >= 15 is 0 Å². The van der Waals surface area contributed by atoms with Crippen LogP contribution in [0.15, 0.2) is 24.3 Å². The summed E-state index contributed by atoms with van der Waals surface area (Å²) >= 11 is 0. The van der Waals surface area contributed by atoms with Crippen molar-refractivity contribution in [3.8, 4) is 0 Å². The smallest absolute Gasteiger partial charge is 0.0431 e. The molecule has 0 aliphatic heterocycles. The zero-order valence-electron chi connectivity index (χ0n) is 11.2. The third kappa shape index (κ3) is 4.79. The highest BCUT2D eigenvalue weighted by atomic mass is 16.2. The highest BCUT2D eigenvalue weighted by Crippen LogP contribution is 2.40. The van der Waals surface area contributed by atoms with Gasteiger partial charge in [-0.2, -0.15) is 0 Å². The molecule has 0 unspecified atom stereocenters. The van der Waals surface area contributed by atoms with Gasteiger partial charge in [0.2, 0.25) is 0 Å². The van der Waals surface area contributed by atoms with E-state index in [0.717, 1.165) is 31.8 Å². The minimum atomic E-state index is 0.335. The number of rotatable bonds is 9. The van der Waals surface area contributed by atoms with Crippen LogP contribution in [0.3, 0.4) is 0 Å². The molecule has 2 heteroatoms. The molecule has 1 aliphatic rings. The maximum atomic E-state index is 8.68. The highest BCUT2D eigenvalue weighted by Gasteiger charge is 2.23. The topological polar surface area (TPSA) is 32.3 Å². The second kappa shape index (κ2) is 7.55. The van der Waals surface area contributed by atoms with Crippen LogP contribution < -0.4 is 5.32 Å². The van der Waals surface area contributed by atoms with Gasteiger partial charge in [0.05, 0.1) is 0 Å². The fourth-order valence-corrected chi connectivity index (χ4v) is 2.32. The molecule has 0 heterocycles. The molecule has 0 atom stereocenters. The standard InChI is InChI=1S/C16H25NO/c18-11-4-2-1-3-10-17-13-14-6-5-7-16(12-14)15-8-9-15/h5-7,12,15,17-18H,1-4,8-11,13H2. The highest BCUT2D eigenvalue weighted by molar-refractivity contribution is 5.28. The number of nitrogens with one attached hydrogen (secondary N) is 1. The molecule has 1 aromatic carbocycles. The van der Waals surface area contributed by atoms with Crippen molar-refractivity contribution in [2.75, 3.05) is 13.2 Å². The number of aliphatic hydroxyl groups excluding tert-OH is 1. The fourth-order valence-electron chi connectivity index (χ4n) is 2.32. The third-order valence-electron chi connectivity index (χ3n) is 3.59. The molecule has 1 fully saturated rings. The predicted molar refractivity (Wildman–Crippen MR) is 75.7 cm³/mol. The van der Waals surface area contributed by atoms with Crippen molar-refractivity contribution in [2.24, 2.45) is 0 Å². The molecule has 0 spiro atoms. The van der Waals surface area contributed by atoms with Crippen LogP contribution in [0, 0.1) is 0 Å². The molecule has 18 heavy (non-hydrogen) atoms. The monoisotopic (exact) mass is 247 g/mol. The van der Waals surface area contributed by atoms with Crippen LogP contribution in [0.5, 0.6) is 0 Å². The van der Waals surface area contributed by atoms with Crippen LogP contribution in [0.4, 0.5) is 0 Å². The molecule has 0 amide bonds. The molecule has 2 rings (SSSR count). The molecule has 1 aromatic rings. The summed E-state index contributed by atoms with van der Waals surface area (Å²) in [6, 6.07) is 9.02. The van der Waals surface area contributed by atoms with Gasteiger partial charge in [-0.1, -0.05) is 37.1 Å². The lowest BCUT2D eigenvalue weighted by Crippen LogP contribution is -2.14. The van der Waals surface area contributed by atoms with Gasteiger partial charge in [-0.15, -0.1) is 0 Å². The van der Waals surface area contributed by atoms with Crippen molar-refractivity contribution >= 4 is 0 Å². The molecular weight excluding hydrogens is 222 g/mol. The Morgan fingerprint density at radius 1 is 1.11 bits per heavy atom. The van der Waals surface area contributed by atoms with Crippen LogP contribution in [0.1, 0.15) is 55.6 Å². The van der Waals surface area contributed by atoms with Gasteiger partial charge < -0.3 is 10.4 Å². The number of hydrogen-bond donors (Lipinski definition) is 2. The second-order valence-electron chi connectivity index (χ2n) is 5.33. The molecule has 2 nitrogen and oxygen atoms in total. The first-order valence-electron chi connectivity index (χ1n) is 7.30. The van der Waals surface area contributed by atoms with Crippen molar-refractivity contribution < 1.29 is 5.11 Å². The van der Waals surface area contributed by atoms with Crippen molar-refractivity contribution in [1.82, 2.24) is 5.32 Å². The summed E-state index contributed by atoms with van der Waals surface area (Å²) in [5.41, 5.74) is 2.94. The Bertz CT molecular complexity index is 347. The van der Waals surface area contributed by atoms with E-state index in [0.29, 0.717) is 6.61 Å². The van der Waals surface area contributed by atoms with Gasteiger partial charge in [0, 0.05) is 13.2 Å². The summed E-state index contributed by atoms with van der Waals surface area (Å²) in [7, 11) is 0. The first-order chi connectivity index (χ1) is 8.90. The average Bonchev–Trinajstić information content (AvgIpc) is 3.22. The van der Waals surface area contributed by atoms with Gasteiger partial charge in [0.25, 0.3) is 0 Å². The van der Waals surface area contributed by atoms with Gasteiger partial charge in [-0.25, -0.2) is 0 Å². The van der Waals surface area contributed by atoms with E-state index < -0.39 is 0 Å². The maximum Gasteiger partial charge on any atom is 0.0431 e. The molecule has 0 bridgehead atoms. The zero-order valence-corrected chi connectivity index (χ0v) is 11.2. The van der Waals surface area contributed by atoms with E-state index in [1.807, 2.05) is 0 Å². The Morgan fingerprint density at radius 3 is 2.72 bits per heavy atom. The van der Waals surface area contributed by atoms with Crippen molar-refractivity contribution in [1.29, 1.82) is 0 Å². The van der Waals surface area contributed by atoms with Crippen LogP contribution in [-0.2, 0) is 6.54 Å². The molecular formula is C16H25NO. The quantitative estimate of drug-likeness (QED) is 0.657. The largest absolute Gasteiger partial charge is 0.396 e. The van der Waals surface area contributed by atoms with E-state index in [4.69, 9.17) is 5.11 Å². The average molecular weight is 247 g/mol. The minimum absolute atomic E-state index is 0.335. The predicted octanol–water partition coefficient (Wildman–Crippen LogP) is 3.21. The summed E-state index contributed by atoms with van der Waals surface area (Å²) in [4.78, 5) is 0. The lowest BCUT2D eigenvalue weighted by atomic mass is 10.1. The first kappa shape index (κ1) is 13.6. The van der Waals surface area contributed by atoms with E-state index in [1.165, 1.54) is 36.8 Å². The van der Waals surface area contributed by atoms with E-state index in [-0.39, 0.29) is 0 Å². The molecule has 1 saturated carbocycles. The molecule has 0 aromatic heterocycles. The number of hydrogen-bond acceptors (Lipinski definition) is 2. The van der Waals surface area contributed by atoms with E-state index in [1.54, 1.807) is 0 Å². The Kier molecular flexibility index (Phi) is 5.69. The van der Waals surface area contributed by atoms with Gasteiger partial charge in [-0.05, 0) is 49.3 Å². The maximum absolute atomic E-state index is 8.68. The molecule has 1 aliphatic carbocycles. The third-order valence-corrected chi connectivity index (χ3v) is 3.59. The lowest BCUT2D eigenvalue weighted by molar-refractivity contribution is 0.282. The van der Waals surface area contributed by atoms with Crippen molar-refractivity contribution in [3.05, 3.63) is 35.4 Å². The Hall–Kier alpha value is -0.860. The first-order valence-corrected chi connectivity index (χ1v) is 7.30. The number of benzene rings is 1. The zero-order chi connectivity index (χ0) is 12.6. The van der Waals surface area contributed by atoms with Gasteiger partial charge >= 0.3 is 0 Å².